The molecule has 0 fully saturated rings. The first-order valence-electron chi connectivity index (χ1n) is 11.8. The fourth-order valence-electron chi connectivity index (χ4n) is 3.73. The van der Waals surface area contributed by atoms with Crippen molar-refractivity contribution in [1.29, 1.82) is 0 Å². The van der Waals surface area contributed by atoms with Crippen molar-refractivity contribution in [2.75, 3.05) is 0 Å². The van der Waals surface area contributed by atoms with Crippen molar-refractivity contribution < 1.29 is 30.0 Å². The third-order valence-electron chi connectivity index (χ3n) is 5.70. The van der Waals surface area contributed by atoms with Gasteiger partial charge >= 0.3 is 0 Å². The second kappa shape index (κ2) is 13.2. The van der Waals surface area contributed by atoms with Crippen molar-refractivity contribution in [2.24, 2.45) is 0 Å². The summed E-state index contributed by atoms with van der Waals surface area (Å²) < 4.78 is 0. The van der Waals surface area contributed by atoms with E-state index < -0.39 is 9.85 Å². The van der Waals surface area contributed by atoms with Crippen LogP contribution in [0.5, 0.6) is 0 Å². The van der Waals surface area contributed by atoms with E-state index in [1.165, 1.54) is 53.2 Å². The van der Waals surface area contributed by atoms with Crippen LogP contribution in [0.2, 0.25) is 0 Å². The van der Waals surface area contributed by atoms with E-state index in [1.54, 1.807) is 0 Å². The van der Waals surface area contributed by atoms with Crippen LogP contribution < -0.4 is 0 Å². The van der Waals surface area contributed by atoms with Crippen molar-refractivity contribution in [1.82, 2.24) is 25.4 Å². The van der Waals surface area contributed by atoms with E-state index in [2.05, 4.69) is 49.6 Å². The van der Waals surface area contributed by atoms with E-state index in [0.717, 1.165) is 11.3 Å². The molecule has 0 aliphatic heterocycles. The summed E-state index contributed by atoms with van der Waals surface area (Å²) >= 11 is 0. The van der Waals surface area contributed by atoms with Crippen LogP contribution in [0.3, 0.4) is 0 Å². The number of nitro groups is 2. The van der Waals surface area contributed by atoms with Crippen LogP contribution in [-0.4, -0.2) is 35.2 Å². The minimum atomic E-state index is -0.532. The van der Waals surface area contributed by atoms with Gasteiger partial charge in [0.15, 0.2) is 5.69 Å². The number of fused-ring (bicyclic) bond motifs is 1. The Labute approximate surface area is 246 Å². The molecule has 12 heteroatoms. The van der Waals surface area contributed by atoms with Gasteiger partial charge in [0, 0.05) is 48.9 Å². The van der Waals surface area contributed by atoms with Gasteiger partial charge in [-0.25, -0.2) is 0 Å². The van der Waals surface area contributed by atoms with Crippen LogP contribution in [0.1, 0.15) is 0 Å². The molecule has 0 saturated heterocycles. The first kappa shape index (κ1) is 28.7. The summed E-state index contributed by atoms with van der Waals surface area (Å²) in [6.45, 7) is 0. The number of rotatable bonds is 5. The zero-order chi connectivity index (χ0) is 27.9. The normalized spacial score (nSPS) is 10.1. The fourth-order valence-corrected chi connectivity index (χ4v) is 3.73. The quantitative estimate of drug-likeness (QED) is 0.120. The standard InChI is InChI=1S/C15H10N.C14H7N6O4.Ir/c1-2-7-13(8-3-1)15-14-9-5-4-6-12(14)10-11-16-15;21-19(22)11-5-1-9(2-6-11)13-15-17-14(18-16-13)10-3-7-12(8-4-10)20(23)24;/h1-7,9-11H;1-3,5-8H;/q2*-1;. The van der Waals surface area contributed by atoms with E-state index in [0.29, 0.717) is 11.1 Å². The summed E-state index contributed by atoms with van der Waals surface area (Å²) in [5, 5.41) is 39.2. The first-order valence-corrected chi connectivity index (χ1v) is 11.8. The van der Waals surface area contributed by atoms with Crippen LogP contribution in [0, 0.1) is 32.4 Å². The van der Waals surface area contributed by atoms with Gasteiger partial charge in [-0.1, -0.05) is 36.4 Å². The minimum absolute atomic E-state index is 0. The molecule has 0 bridgehead atoms. The van der Waals surface area contributed by atoms with Crippen molar-refractivity contribution in [3.05, 3.63) is 136 Å². The third kappa shape index (κ3) is 6.82. The molecule has 0 aliphatic carbocycles. The second-order valence-corrected chi connectivity index (χ2v) is 8.23. The maximum atomic E-state index is 10.6. The maximum absolute atomic E-state index is 10.6. The van der Waals surface area contributed by atoms with Crippen LogP contribution in [0.15, 0.2) is 103 Å². The Kier molecular flexibility index (Phi) is 9.20. The predicted molar refractivity (Wildman–Crippen MR) is 147 cm³/mol. The SMILES string of the molecule is O=[N+]([O-])c1c[c-]c(-c2nnc(-c3ccc([N+](=O)[O-])cc3)nn2)cc1.[Ir].[c-]1ccccc1-c1nccc2ccccc12. The molecule has 0 atom stereocenters. The van der Waals surface area contributed by atoms with Gasteiger partial charge in [0.25, 0.3) is 5.69 Å². The Morgan fingerprint density at radius 2 is 1.29 bits per heavy atom. The molecule has 6 rings (SSSR count). The molecule has 6 aromatic rings. The van der Waals surface area contributed by atoms with E-state index in [1.807, 2.05) is 48.7 Å². The summed E-state index contributed by atoms with van der Waals surface area (Å²) in [7, 11) is 0. The fraction of sp³-hybridized carbons (Fsp3) is 0. The van der Waals surface area contributed by atoms with Gasteiger partial charge in [0.1, 0.15) is 5.82 Å². The van der Waals surface area contributed by atoms with E-state index >= 15 is 0 Å². The monoisotopic (exact) mass is 720 g/mol. The average Bonchev–Trinajstić information content (AvgIpc) is 3.02. The molecule has 4 aromatic carbocycles. The van der Waals surface area contributed by atoms with Gasteiger partial charge in [0.05, 0.1) is 4.92 Å². The molecular weight excluding hydrogens is 703 g/mol. The Morgan fingerprint density at radius 3 is 1.93 bits per heavy atom. The molecule has 0 aliphatic rings. The van der Waals surface area contributed by atoms with Gasteiger partial charge in [-0.15, -0.1) is 63.8 Å². The average molecular weight is 720 g/mol. The zero-order valence-electron chi connectivity index (χ0n) is 20.9. The Balaban J connectivity index is 0.000000198. The molecule has 0 saturated carbocycles. The number of aromatic nitrogens is 5. The molecule has 0 unspecified atom stereocenters. The Morgan fingerprint density at radius 1 is 0.634 bits per heavy atom. The number of pyridine rings is 1. The van der Waals surface area contributed by atoms with Crippen LogP contribution in [0.4, 0.5) is 11.4 Å². The molecule has 0 spiro atoms. The number of hydrogen-bond donors (Lipinski definition) is 0. The van der Waals surface area contributed by atoms with Gasteiger partial charge in [-0.05, 0) is 34.7 Å². The summed E-state index contributed by atoms with van der Waals surface area (Å²) in [6, 6.07) is 33.8. The molecule has 203 valence electrons. The van der Waals surface area contributed by atoms with Crippen molar-refractivity contribution in [3.63, 3.8) is 0 Å². The van der Waals surface area contributed by atoms with Crippen molar-refractivity contribution in [2.45, 2.75) is 0 Å². The number of non-ortho nitro benzene ring substituents is 2. The molecule has 2 aromatic heterocycles. The van der Waals surface area contributed by atoms with Gasteiger partial charge in [-0.3, -0.25) is 20.2 Å². The predicted octanol–water partition coefficient (Wildman–Crippen LogP) is 5.92. The molecule has 41 heavy (non-hydrogen) atoms. The van der Waals surface area contributed by atoms with Gasteiger partial charge in [0.2, 0.25) is 5.82 Å². The van der Waals surface area contributed by atoms with Crippen LogP contribution >= 0.6 is 0 Å². The van der Waals surface area contributed by atoms with Crippen LogP contribution in [-0.2, 0) is 20.1 Å². The maximum Gasteiger partial charge on any atom is 0.269 e. The molecule has 2 heterocycles. The third-order valence-corrected chi connectivity index (χ3v) is 5.70. The molecular formula is C29H17IrN7O4-2. The summed E-state index contributed by atoms with van der Waals surface area (Å²) in [4.78, 5) is 24.6. The van der Waals surface area contributed by atoms with Crippen LogP contribution in [0.25, 0.3) is 44.8 Å². The number of benzene rings is 4. The Bertz CT molecular complexity index is 1700. The van der Waals surface area contributed by atoms with E-state index in [4.69, 9.17) is 0 Å². The summed E-state index contributed by atoms with van der Waals surface area (Å²) in [5.74, 6) is 0.367. The topological polar surface area (TPSA) is 151 Å². The summed E-state index contributed by atoms with van der Waals surface area (Å²) in [5.41, 5.74) is 2.84. The van der Waals surface area contributed by atoms with Gasteiger partial charge < -0.3 is 4.98 Å². The largest absolute Gasteiger partial charge is 0.304 e. The smallest absolute Gasteiger partial charge is 0.269 e. The molecule has 0 amide bonds. The van der Waals surface area contributed by atoms with E-state index in [9.17, 15) is 20.2 Å². The molecule has 0 N–H and O–H groups in total. The molecule has 1 radical (unpaired) electrons. The number of nitrogens with zero attached hydrogens (tertiary/aromatic N) is 7. The minimum Gasteiger partial charge on any atom is -0.304 e. The van der Waals surface area contributed by atoms with Gasteiger partial charge in [-0.2, -0.15) is 10.2 Å². The summed E-state index contributed by atoms with van der Waals surface area (Å²) in [6.07, 6.45) is 1.85. The number of nitro benzene ring substituents is 2. The van der Waals surface area contributed by atoms with E-state index in [-0.39, 0.29) is 43.1 Å². The first-order chi connectivity index (χ1) is 19.5. The number of hydrogen-bond acceptors (Lipinski definition) is 9. The molecule has 11 nitrogen and oxygen atoms in total. The van der Waals surface area contributed by atoms with Crippen molar-refractivity contribution >= 4 is 22.1 Å². The Hall–Kier alpha value is -5.32. The van der Waals surface area contributed by atoms with Crippen molar-refractivity contribution in [3.8, 4) is 34.0 Å². The second-order valence-electron chi connectivity index (χ2n) is 8.23. The zero-order valence-corrected chi connectivity index (χ0v) is 23.3.